The number of aromatic amines is 1. The Hall–Kier alpha value is -3.59. The normalized spacial score (nSPS) is 15.8. The number of benzene rings is 2. The van der Waals surface area contributed by atoms with E-state index in [4.69, 9.17) is 4.74 Å². The maximum Gasteiger partial charge on any atom is 0.253 e. The van der Waals surface area contributed by atoms with Crippen LogP contribution >= 0.6 is 0 Å². The van der Waals surface area contributed by atoms with Crippen molar-refractivity contribution in [2.24, 2.45) is 0 Å². The molecule has 5 rings (SSSR count). The first kappa shape index (κ1) is 22.2. The average molecular weight is 463 g/mol. The highest BCUT2D eigenvalue weighted by Crippen LogP contribution is 2.30. The van der Waals surface area contributed by atoms with E-state index in [1.165, 1.54) is 12.1 Å². The number of aromatic nitrogens is 5. The zero-order valence-corrected chi connectivity index (χ0v) is 19.1. The Morgan fingerprint density at radius 3 is 2.56 bits per heavy atom. The van der Waals surface area contributed by atoms with Crippen molar-refractivity contribution in [3.8, 4) is 5.75 Å². The monoisotopic (exact) mass is 462 g/mol. The number of nitrogens with zero attached hydrogens (tertiary/aromatic N) is 5. The van der Waals surface area contributed by atoms with Gasteiger partial charge in [0.1, 0.15) is 17.6 Å². The SMILES string of the molecule is COc1ccc2[nH]c(=O)c([C@@H](c3nnnn3Cc3ccc(F)cc3)N3CCCCCC3)cc2c1. The Kier molecular flexibility index (Phi) is 6.35. The molecule has 1 N–H and O–H groups in total. The maximum atomic E-state index is 13.4. The number of H-pyrrole nitrogens is 1. The second-order valence-corrected chi connectivity index (χ2v) is 8.68. The Morgan fingerprint density at radius 2 is 1.82 bits per heavy atom. The number of methoxy groups -OCH3 is 1. The first-order valence-corrected chi connectivity index (χ1v) is 11.6. The minimum atomic E-state index is -0.409. The van der Waals surface area contributed by atoms with E-state index in [1.54, 1.807) is 23.9 Å². The summed E-state index contributed by atoms with van der Waals surface area (Å²) >= 11 is 0. The summed E-state index contributed by atoms with van der Waals surface area (Å²) in [6, 6.07) is 13.4. The second kappa shape index (κ2) is 9.72. The van der Waals surface area contributed by atoms with Gasteiger partial charge in [-0.25, -0.2) is 9.07 Å². The van der Waals surface area contributed by atoms with Crippen LogP contribution < -0.4 is 10.3 Å². The van der Waals surface area contributed by atoms with Crippen molar-refractivity contribution < 1.29 is 9.13 Å². The first-order chi connectivity index (χ1) is 16.6. The van der Waals surface area contributed by atoms with Crippen LogP contribution in [0.25, 0.3) is 10.9 Å². The Morgan fingerprint density at radius 1 is 1.06 bits per heavy atom. The van der Waals surface area contributed by atoms with Gasteiger partial charge in [-0.1, -0.05) is 25.0 Å². The molecule has 2 aromatic heterocycles. The molecule has 1 saturated heterocycles. The zero-order chi connectivity index (χ0) is 23.5. The van der Waals surface area contributed by atoms with E-state index in [9.17, 15) is 9.18 Å². The summed E-state index contributed by atoms with van der Waals surface area (Å²) in [7, 11) is 1.62. The number of rotatable bonds is 6. The average Bonchev–Trinajstić information content (AvgIpc) is 3.12. The largest absolute Gasteiger partial charge is 0.497 e. The minimum absolute atomic E-state index is 0.164. The molecule has 1 aliphatic rings. The van der Waals surface area contributed by atoms with Crippen molar-refractivity contribution in [2.45, 2.75) is 38.3 Å². The zero-order valence-electron chi connectivity index (χ0n) is 19.1. The molecule has 0 saturated carbocycles. The lowest BCUT2D eigenvalue weighted by molar-refractivity contribution is 0.220. The molecule has 34 heavy (non-hydrogen) atoms. The van der Waals surface area contributed by atoms with E-state index in [-0.39, 0.29) is 11.4 Å². The Bertz CT molecular complexity index is 1330. The van der Waals surface area contributed by atoms with Gasteiger partial charge < -0.3 is 9.72 Å². The summed E-state index contributed by atoms with van der Waals surface area (Å²) in [5, 5.41) is 13.4. The van der Waals surface area contributed by atoms with E-state index < -0.39 is 6.04 Å². The van der Waals surface area contributed by atoms with E-state index in [0.717, 1.165) is 61.0 Å². The molecule has 1 fully saturated rings. The van der Waals surface area contributed by atoms with Gasteiger partial charge in [-0.15, -0.1) is 5.10 Å². The lowest BCUT2D eigenvalue weighted by Crippen LogP contribution is -2.36. The van der Waals surface area contributed by atoms with Gasteiger partial charge in [-0.05, 0) is 78.3 Å². The highest BCUT2D eigenvalue weighted by molar-refractivity contribution is 5.80. The van der Waals surface area contributed by atoms with Crippen molar-refractivity contribution in [2.75, 3.05) is 20.2 Å². The molecule has 0 amide bonds. The van der Waals surface area contributed by atoms with Gasteiger partial charge in [0.15, 0.2) is 5.82 Å². The molecule has 2 aromatic carbocycles. The van der Waals surface area contributed by atoms with Gasteiger partial charge in [0.25, 0.3) is 5.56 Å². The highest BCUT2D eigenvalue weighted by Gasteiger charge is 2.31. The number of hydrogen-bond acceptors (Lipinski definition) is 6. The van der Waals surface area contributed by atoms with Crippen LogP contribution in [0.1, 0.15) is 48.7 Å². The van der Waals surface area contributed by atoms with Crippen LogP contribution in [0.4, 0.5) is 4.39 Å². The van der Waals surface area contributed by atoms with Crippen molar-refractivity contribution in [3.05, 3.63) is 81.7 Å². The first-order valence-electron chi connectivity index (χ1n) is 11.6. The molecule has 0 spiro atoms. The fourth-order valence-electron chi connectivity index (χ4n) is 4.67. The van der Waals surface area contributed by atoms with Gasteiger partial charge in [0.2, 0.25) is 0 Å². The van der Waals surface area contributed by atoms with Crippen LogP contribution in [0.5, 0.6) is 5.75 Å². The molecule has 1 aliphatic heterocycles. The predicted molar refractivity (Wildman–Crippen MR) is 126 cm³/mol. The molecule has 0 radical (unpaired) electrons. The Balaban J connectivity index is 1.61. The molecule has 3 heterocycles. The van der Waals surface area contributed by atoms with E-state index in [2.05, 4.69) is 25.4 Å². The smallest absolute Gasteiger partial charge is 0.253 e. The van der Waals surface area contributed by atoms with Crippen molar-refractivity contribution >= 4 is 10.9 Å². The topological polar surface area (TPSA) is 88.9 Å². The fraction of sp³-hybridized carbons (Fsp3) is 0.360. The quantitative estimate of drug-likeness (QED) is 0.470. The Labute approximate surface area is 196 Å². The van der Waals surface area contributed by atoms with E-state index in [1.807, 2.05) is 24.3 Å². The summed E-state index contributed by atoms with van der Waals surface area (Å²) < 4.78 is 20.5. The molecule has 9 heteroatoms. The predicted octanol–water partition coefficient (Wildman–Crippen LogP) is 3.68. The van der Waals surface area contributed by atoms with Crippen LogP contribution in [-0.2, 0) is 6.54 Å². The maximum absolute atomic E-state index is 13.4. The molecule has 0 aliphatic carbocycles. The van der Waals surface area contributed by atoms with Crippen molar-refractivity contribution in [1.82, 2.24) is 30.1 Å². The summed E-state index contributed by atoms with van der Waals surface area (Å²) in [6.07, 6.45) is 4.43. The number of pyridine rings is 1. The number of fused-ring (bicyclic) bond motifs is 1. The van der Waals surface area contributed by atoms with Gasteiger partial charge in [0.05, 0.1) is 13.7 Å². The molecule has 1 atom stereocenters. The third-order valence-electron chi connectivity index (χ3n) is 6.43. The van der Waals surface area contributed by atoms with E-state index >= 15 is 0 Å². The lowest BCUT2D eigenvalue weighted by atomic mass is 10.0. The van der Waals surface area contributed by atoms with Crippen LogP contribution in [-0.4, -0.2) is 50.3 Å². The van der Waals surface area contributed by atoms with Crippen LogP contribution in [0.2, 0.25) is 0 Å². The molecule has 4 aromatic rings. The molecule has 8 nitrogen and oxygen atoms in total. The summed E-state index contributed by atoms with van der Waals surface area (Å²) in [5.74, 6) is 1.03. The standard InChI is InChI=1S/C25H27FN6O2/c1-34-20-10-11-22-18(14-20)15-21(25(33)27-22)23(31-12-4-2-3-5-13-31)24-28-29-30-32(24)16-17-6-8-19(26)9-7-17/h6-11,14-15,23H,2-5,12-13,16H2,1H3,(H,27,33)/t23-/m0/s1. The fourth-order valence-corrected chi connectivity index (χ4v) is 4.67. The van der Waals surface area contributed by atoms with Crippen LogP contribution in [0, 0.1) is 5.82 Å². The van der Waals surface area contributed by atoms with Gasteiger partial charge in [-0.2, -0.15) is 0 Å². The third kappa shape index (κ3) is 4.56. The highest BCUT2D eigenvalue weighted by atomic mass is 19.1. The summed E-state index contributed by atoms with van der Waals surface area (Å²) in [4.78, 5) is 18.7. The molecule has 0 unspecified atom stereocenters. The molecular weight excluding hydrogens is 435 g/mol. The van der Waals surface area contributed by atoms with Gasteiger partial charge in [0, 0.05) is 16.5 Å². The van der Waals surface area contributed by atoms with Crippen molar-refractivity contribution in [1.29, 1.82) is 0 Å². The molecule has 176 valence electrons. The number of hydrogen-bond donors (Lipinski definition) is 1. The van der Waals surface area contributed by atoms with Crippen molar-refractivity contribution in [3.63, 3.8) is 0 Å². The third-order valence-corrected chi connectivity index (χ3v) is 6.43. The van der Waals surface area contributed by atoms with Gasteiger partial charge >= 0.3 is 0 Å². The second-order valence-electron chi connectivity index (χ2n) is 8.68. The summed E-state index contributed by atoms with van der Waals surface area (Å²) in [5.41, 5.74) is 2.05. The number of likely N-dealkylation sites (tertiary alicyclic amines) is 1. The number of tetrazole rings is 1. The van der Waals surface area contributed by atoms with Crippen LogP contribution in [0.15, 0.2) is 53.3 Å². The summed E-state index contributed by atoms with van der Waals surface area (Å²) in [6.45, 7) is 2.08. The number of ether oxygens (including phenoxy) is 1. The molecule has 0 bridgehead atoms. The number of nitrogens with one attached hydrogen (secondary N) is 1. The number of halogens is 1. The minimum Gasteiger partial charge on any atom is -0.497 e. The van der Waals surface area contributed by atoms with Crippen LogP contribution in [0.3, 0.4) is 0 Å². The van der Waals surface area contributed by atoms with E-state index in [0.29, 0.717) is 17.9 Å². The van der Waals surface area contributed by atoms with Gasteiger partial charge in [-0.3, -0.25) is 9.69 Å². The lowest BCUT2D eigenvalue weighted by Gasteiger charge is -2.29. The molecular formula is C25H27FN6O2.